The fourth-order valence-corrected chi connectivity index (χ4v) is 7.55. The number of benzene rings is 1. The molecule has 2 unspecified atom stereocenters. The standard InChI is InChI=1S/C30H35F3N2O5/c1-15-21(14-36)27(38)29(40)22(26(15)34(3)4)12-18-11-20-17(13-35-9-7-19(8-10-35)30(31,32)33)5-6-23(37)25(20)16(2)24(18)28(29)39/h5-6,14,18-19,22,26,37,39-40H,2,7-13H2,1,3-4H3/t18?,22-,26?,29+/m0/s1. The monoisotopic (exact) mass is 560 g/mol. The number of aliphatic hydroxyl groups is 2. The van der Waals surface area contributed by atoms with Crippen molar-refractivity contribution < 1.29 is 38.1 Å². The van der Waals surface area contributed by atoms with Gasteiger partial charge >= 0.3 is 6.18 Å². The van der Waals surface area contributed by atoms with E-state index in [0.717, 1.165) is 11.1 Å². The summed E-state index contributed by atoms with van der Waals surface area (Å²) < 4.78 is 39.5. The van der Waals surface area contributed by atoms with Gasteiger partial charge in [-0.1, -0.05) is 12.6 Å². The molecule has 3 N–H and O–H groups in total. The summed E-state index contributed by atoms with van der Waals surface area (Å²) in [6, 6.07) is 2.80. The van der Waals surface area contributed by atoms with Crippen LogP contribution in [0.2, 0.25) is 0 Å². The van der Waals surface area contributed by atoms with Crippen LogP contribution < -0.4 is 0 Å². The number of ketones is 1. The molecule has 7 nitrogen and oxygen atoms in total. The molecule has 4 aliphatic rings. The number of phenols is 1. The Kier molecular flexibility index (Phi) is 7.04. The maximum atomic E-state index is 13.4. The van der Waals surface area contributed by atoms with Crippen LogP contribution in [0.25, 0.3) is 5.57 Å². The van der Waals surface area contributed by atoms with Gasteiger partial charge in [-0.25, -0.2) is 0 Å². The summed E-state index contributed by atoms with van der Waals surface area (Å²) in [5.74, 6) is -3.81. The number of aldehydes is 1. The molecule has 1 aromatic carbocycles. The summed E-state index contributed by atoms with van der Waals surface area (Å²) in [5.41, 5.74) is 0.709. The van der Waals surface area contributed by atoms with Gasteiger partial charge in [0.25, 0.3) is 0 Å². The van der Waals surface area contributed by atoms with Crippen molar-refractivity contribution in [3.63, 3.8) is 0 Å². The van der Waals surface area contributed by atoms with Crippen LogP contribution in [0.4, 0.5) is 13.2 Å². The van der Waals surface area contributed by atoms with Gasteiger partial charge in [-0.3, -0.25) is 14.5 Å². The minimum Gasteiger partial charge on any atom is -0.508 e. The number of rotatable bonds is 4. The zero-order valence-corrected chi connectivity index (χ0v) is 22.9. The molecule has 0 radical (unpaired) electrons. The number of fused-ring (bicyclic) bond motifs is 3. The van der Waals surface area contributed by atoms with E-state index < -0.39 is 41.2 Å². The topological polar surface area (TPSA) is 101 Å². The molecule has 3 aliphatic carbocycles. The number of hydrogen-bond donors (Lipinski definition) is 3. The Balaban J connectivity index is 1.53. The second-order valence-corrected chi connectivity index (χ2v) is 11.9. The van der Waals surface area contributed by atoms with E-state index in [1.807, 2.05) is 9.80 Å². The van der Waals surface area contributed by atoms with Crippen LogP contribution in [0.3, 0.4) is 0 Å². The first-order valence-corrected chi connectivity index (χ1v) is 13.6. The SMILES string of the molecule is C=C1C2=C(O)[C@]3(O)C(=O)C(C=O)=C(C)C(N(C)C)[C@@H]3CC2Cc2c(CN3CCC(C(F)(F)F)CC3)ccc(O)c21. The Morgan fingerprint density at radius 2 is 1.85 bits per heavy atom. The van der Waals surface area contributed by atoms with Crippen molar-refractivity contribution in [1.29, 1.82) is 0 Å². The van der Waals surface area contributed by atoms with E-state index in [4.69, 9.17) is 0 Å². The molecular formula is C30H35F3N2O5. The van der Waals surface area contributed by atoms with E-state index in [1.54, 1.807) is 27.1 Å². The average Bonchev–Trinajstić information content (AvgIpc) is 2.87. The molecule has 0 spiro atoms. The number of aliphatic hydroxyl groups excluding tert-OH is 1. The Morgan fingerprint density at radius 3 is 2.42 bits per heavy atom. The summed E-state index contributed by atoms with van der Waals surface area (Å²) in [6.45, 7) is 6.86. The molecular weight excluding hydrogens is 525 g/mol. The maximum absolute atomic E-state index is 13.4. The fourth-order valence-electron chi connectivity index (χ4n) is 7.55. The maximum Gasteiger partial charge on any atom is 0.391 e. The number of halogens is 3. The molecule has 1 fully saturated rings. The minimum atomic E-state index is -4.19. The van der Waals surface area contributed by atoms with Crippen molar-refractivity contribution in [2.24, 2.45) is 17.8 Å². The smallest absolute Gasteiger partial charge is 0.391 e. The van der Waals surface area contributed by atoms with Crippen molar-refractivity contribution in [3.8, 4) is 5.75 Å². The number of Topliss-reactive ketones (excluding diaryl/α,β-unsaturated/α-hetero) is 1. The van der Waals surface area contributed by atoms with Crippen LogP contribution in [-0.4, -0.2) is 82.2 Å². The Bertz CT molecular complexity index is 1340. The highest BCUT2D eigenvalue weighted by Gasteiger charge is 2.60. The van der Waals surface area contributed by atoms with E-state index in [1.165, 1.54) is 6.07 Å². The highest BCUT2D eigenvalue weighted by Crippen LogP contribution is 2.55. The number of hydrogen-bond acceptors (Lipinski definition) is 7. The van der Waals surface area contributed by atoms with E-state index in [9.17, 15) is 38.1 Å². The lowest BCUT2D eigenvalue weighted by atomic mass is 9.57. The number of alkyl halides is 3. The third-order valence-electron chi connectivity index (χ3n) is 9.52. The zero-order valence-electron chi connectivity index (χ0n) is 22.9. The lowest BCUT2D eigenvalue weighted by molar-refractivity contribution is -0.185. The summed E-state index contributed by atoms with van der Waals surface area (Å²) >= 11 is 0. The predicted molar refractivity (Wildman–Crippen MR) is 142 cm³/mol. The van der Waals surface area contributed by atoms with Crippen LogP contribution in [0.15, 0.2) is 41.2 Å². The van der Waals surface area contributed by atoms with Gasteiger partial charge in [0.2, 0.25) is 5.78 Å². The summed E-state index contributed by atoms with van der Waals surface area (Å²) in [5, 5.41) is 34.2. The number of piperidine rings is 1. The number of likely N-dealkylation sites (N-methyl/N-ethyl adjacent to an activating group) is 1. The lowest BCUT2D eigenvalue weighted by Crippen LogP contribution is -2.62. The number of allylic oxidation sites excluding steroid dienone is 2. The summed E-state index contributed by atoms with van der Waals surface area (Å²) in [7, 11) is 3.58. The molecule has 10 heteroatoms. The number of carbonyl (C=O) groups excluding carboxylic acids is 2. The zero-order chi connectivity index (χ0) is 29.3. The summed E-state index contributed by atoms with van der Waals surface area (Å²) in [6.07, 6.45) is -2.99. The third kappa shape index (κ3) is 4.23. The van der Waals surface area contributed by atoms with Crippen molar-refractivity contribution in [2.45, 2.75) is 57.0 Å². The molecule has 5 rings (SSSR count). The van der Waals surface area contributed by atoms with Gasteiger partial charge in [-0.05, 0) is 94.0 Å². The van der Waals surface area contributed by atoms with Crippen LogP contribution in [0.5, 0.6) is 5.75 Å². The Hall–Kier alpha value is -2.95. The van der Waals surface area contributed by atoms with Crippen molar-refractivity contribution in [1.82, 2.24) is 9.80 Å². The van der Waals surface area contributed by atoms with E-state index >= 15 is 0 Å². The van der Waals surface area contributed by atoms with Crippen LogP contribution in [0.1, 0.15) is 42.9 Å². The van der Waals surface area contributed by atoms with Gasteiger partial charge in [-0.15, -0.1) is 0 Å². The highest BCUT2D eigenvalue weighted by atomic mass is 19.4. The first-order valence-electron chi connectivity index (χ1n) is 13.6. The van der Waals surface area contributed by atoms with Gasteiger partial charge in [0, 0.05) is 29.6 Å². The molecule has 1 aliphatic heterocycles. The van der Waals surface area contributed by atoms with Crippen molar-refractivity contribution in [2.75, 3.05) is 27.2 Å². The molecule has 0 aromatic heterocycles. The molecule has 0 bridgehead atoms. The molecule has 0 saturated carbocycles. The Morgan fingerprint density at radius 1 is 1.20 bits per heavy atom. The molecule has 1 heterocycles. The first kappa shape index (κ1) is 28.6. The third-order valence-corrected chi connectivity index (χ3v) is 9.52. The number of nitrogens with zero attached hydrogens (tertiary/aromatic N) is 2. The average molecular weight is 561 g/mol. The normalized spacial score (nSPS) is 29.9. The highest BCUT2D eigenvalue weighted by molar-refractivity contribution is 6.18. The van der Waals surface area contributed by atoms with Crippen molar-refractivity contribution in [3.05, 3.63) is 57.9 Å². The lowest BCUT2D eigenvalue weighted by Gasteiger charge is -2.51. The fraction of sp³-hybridized carbons (Fsp3) is 0.533. The minimum absolute atomic E-state index is 0.0374. The summed E-state index contributed by atoms with van der Waals surface area (Å²) in [4.78, 5) is 29.1. The van der Waals surface area contributed by atoms with Crippen LogP contribution >= 0.6 is 0 Å². The van der Waals surface area contributed by atoms with Crippen LogP contribution in [-0.2, 0) is 22.6 Å². The Labute approximate surface area is 231 Å². The van der Waals surface area contributed by atoms with Gasteiger partial charge in [0.1, 0.15) is 11.5 Å². The van der Waals surface area contributed by atoms with Gasteiger partial charge < -0.3 is 20.2 Å². The number of phenolic OH excluding ortho intramolecular Hbond substituents is 1. The molecule has 4 atom stereocenters. The van der Waals surface area contributed by atoms with E-state index in [-0.39, 0.29) is 30.1 Å². The van der Waals surface area contributed by atoms with Gasteiger partial charge in [-0.2, -0.15) is 13.2 Å². The second-order valence-electron chi connectivity index (χ2n) is 11.9. The number of likely N-dealkylation sites (tertiary alicyclic amines) is 1. The largest absolute Gasteiger partial charge is 0.508 e. The van der Waals surface area contributed by atoms with Crippen molar-refractivity contribution >= 4 is 17.6 Å². The molecule has 216 valence electrons. The van der Waals surface area contributed by atoms with E-state index in [2.05, 4.69) is 6.58 Å². The molecule has 1 saturated heterocycles. The molecule has 1 aromatic rings. The first-order chi connectivity index (χ1) is 18.7. The van der Waals surface area contributed by atoms with Gasteiger partial charge in [0.05, 0.1) is 11.5 Å². The van der Waals surface area contributed by atoms with Gasteiger partial charge in [0.15, 0.2) is 11.9 Å². The van der Waals surface area contributed by atoms with E-state index in [0.29, 0.717) is 61.0 Å². The predicted octanol–water partition coefficient (Wildman–Crippen LogP) is 3.94. The van der Waals surface area contributed by atoms with Crippen LogP contribution in [0, 0.1) is 17.8 Å². The molecule has 40 heavy (non-hydrogen) atoms. The number of carbonyl (C=O) groups is 2. The number of aromatic hydroxyl groups is 1. The quantitative estimate of drug-likeness (QED) is 0.379. The second kappa shape index (κ2) is 9.85. The molecule has 0 amide bonds.